The number of rotatable bonds is 5. The molecule has 1 aliphatic heterocycles. The lowest BCUT2D eigenvalue weighted by molar-refractivity contribution is -0.157. The molecule has 1 aliphatic carbocycles. The summed E-state index contributed by atoms with van der Waals surface area (Å²) in [6.07, 6.45) is 3.09. The molecule has 0 bridgehead atoms. The molecule has 3 rings (SSSR count). The van der Waals surface area contributed by atoms with Crippen molar-refractivity contribution < 1.29 is 19.1 Å². The van der Waals surface area contributed by atoms with E-state index in [1.54, 1.807) is 6.92 Å². The van der Waals surface area contributed by atoms with Gasteiger partial charge in [-0.3, -0.25) is 9.59 Å². The van der Waals surface area contributed by atoms with Crippen molar-refractivity contribution in [2.24, 2.45) is 5.92 Å². The molecule has 2 aliphatic rings. The van der Waals surface area contributed by atoms with E-state index in [4.69, 9.17) is 9.47 Å². The standard InChI is InChI=1S/C19H26N2O4/c1-14(25-19(23)15-4-2-3-5-15)18(22)20-16-6-8-17(9-7-16)21-10-12-24-13-11-21/h6-9,14-15H,2-5,10-13H2,1H3,(H,20,22)/t14-/m1/s1. The monoisotopic (exact) mass is 346 g/mol. The molecule has 0 spiro atoms. The minimum Gasteiger partial charge on any atom is -0.452 e. The lowest BCUT2D eigenvalue weighted by atomic mass is 10.1. The van der Waals surface area contributed by atoms with Crippen molar-refractivity contribution in [2.45, 2.75) is 38.7 Å². The van der Waals surface area contributed by atoms with Crippen molar-refractivity contribution >= 4 is 23.3 Å². The quantitative estimate of drug-likeness (QED) is 0.830. The highest BCUT2D eigenvalue weighted by Crippen LogP contribution is 2.26. The highest BCUT2D eigenvalue weighted by atomic mass is 16.5. The number of amides is 1. The van der Waals surface area contributed by atoms with Crippen LogP contribution in [0.1, 0.15) is 32.6 Å². The van der Waals surface area contributed by atoms with E-state index >= 15 is 0 Å². The number of anilines is 2. The largest absolute Gasteiger partial charge is 0.452 e. The SMILES string of the molecule is C[C@@H](OC(=O)C1CCCC1)C(=O)Nc1ccc(N2CCOCC2)cc1. The van der Waals surface area contributed by atoms with E-state index in [1.165, 1.54) is 0 Å². The van der Waals surface area contributed by atoms with Gasteiger partial charge in [0.1, 0.15) is 0 Å². The highest BCUT2D eigenvalue weighted by molar-refractivity contribution is 5.95. The third kappa shape index (κ3) is 4.72. The Bertz CT molecular complexity index is 590. The molecule has 1 saturated carbocycles. The molecular formula is C19H26N2O4. The number of nitrogens with zero attached hydrogens (tertiary/aromatic N) is 1. The van der Waals surface area contributed by atoms with Gasteiger partial charge in [-0.05, 0) is 44.0 Å². The van der Waals surface area contributed by atoms with E-state index in [0.29, 0.717) is 5.69 Å². The zero-order valence-corrected chi connectivity index (χ0v) is 14.7. The molecule has 1 amide bonds. The maximum absolute atomic E-state index is 12.2. The summed E-state index contributed by atoms with van der Waals surface area (Å²) in [7, 11) is 0. The van der Waals surface area contributed by atoms with Crippen molar-refractivity contribution in [1.82, 2.24) is 0 Å². The van der Waals surface area contributed by atoms with Crippen LogP contribution in [0.4, 0.5) is 11.4 Å². The summed E-state index contributed by atoms with van der Waals surface area (Å²) in [6.45, 7) is 4.84. The summed E-state index contributed by atoms with van der Waals surface area (Å²) in [5, 5.41) is 2.81. The normalized spacial score (nSPS) is 19.5. The van der Waals surface area contributed by atoms with Crippen molar-refractivity contribution in [3.05, 3.63) is 24.3 Å². The molecule has 1 atom stereocenters. The van der Waals surface area contributed by atoms with Crippen LogP contribution in [0.25, 0.3) is 0 Å². The zero-order chi connectivity index (χ0) is 17.6. The second kappa shape index (κ2) is 8.34. The predicted molar refractivity (Wildman–Crippen MR) is 95.6 cm³/mol. The van der Waals surface area contributed by atoms with Crippen LogP contribution in [-0.2, 0) is 19.1 Å². The molecule has 1 saturated heterocycles. The first kappa shape index (κ1) is 17.7. The number of hydrogen-bond acceptors (Lipinski definition) is 5. The van der Waals surface area contributed by atoms with E-state index < -0.39 is 6.10 Å². The molecule has 136 valence electrons. The zero-order valence-electron chi connectivity index (χ0n) is 14.7. The first-order chi connectivity index (χ1) is 12.1. The van der Waals surface area contributed by atoms with Crippen LogP contribution < -0.4 is 10.2 Å². The van der Waals surface area contributed by atoms with Crippen LogP contribution in [0, 0.1) is 5.92 Å². The molecule has 1 heterocycles. The molecule has 1 aromatic rings. The molecule has 1 aromatic carbocycles. The summed E-state index contributed by atoms with van der Waals surface area (Å²) in [5.74, 6) is -0.587. The van der Waals surface area contributed by atoms with E-state index in [-0.39, 0.29) is 17.8 Å². The van der Waals surface area contributed by atoms with Gasteiger partial charge in [-0.25, -0.2) is 0 Å². The molecule has 1 N–H and O–H groups in total. The lowest BCUT2D eigenvalue weighted by Gasteiger charge is -2.29. The van der Waals surface area contributed by atoms with Gasteiger partial charge in [-0.2, -0.15) is 0 Å². The van der Waals surface area contributed by atoms with E-state index in [9.17, 15) is 9.59 Å². The molecule has 6 heteroatoms. The van der Waals surface area contributed by atoms with Gasteiger partial charge in [0.15, 0.2) is 6.10 Å². The van der Waals surface area contributed by atoms with Gasteiger partial charge in [0.2, 0.25) is 0 Å². The number of hydrogen-bond donors (Lipinski definition) is 1. The highest BCUT2D eigenvalue weighted by Gasteiger charge is 2.27. The summed E-state index contributed by atoms with van der Waals surface area (Å²) in [4.78, 5) is 26.5. The average Bonchev–Trinajstić information content (AvgIpc) is 3.18. The second-order valence-electron chi connectivity index (χ2n) is 6.70. The Balaban J connectivity index is 1.50. The van der Waals surface area contributed by atoms with Gasteiger partial charge in [-0.15, -0.1) is 0 Å². The lowest BCUT2D eigenvalue weighted by Crippen LogP contribution is -2.36. The average molecular weight is 346 g/mol. The Morgan fingerprint density at radius 2 is 1.80 bits per heavy atom. The van der Waals surface area contributed by atoms with E-state index in [0.717, 1.165) is 57.7 Å². The predicted octanol–water partition coefficient (Wildman–Crippen LogP) is 2.58. The fourth-order valence-corrected chi connectivity index (χ4v) is 3.31. The Morgan fingerprint density at radius 3 is 2.44 bits per heavy atom. The molecule has 2 fully saturated rings. The van der Waals surface area contributed by atoms with Gasteiger partial charge >= 0.3 is 5.97 Å². The Labute approximate surface area is 148 Å². The summed E-state index contributed by atoms with van der Waals surface area (Å²) in [6, 6.07) is 7.70. The van der Waals surface area contributed by atoms with Gasteiger partial charge < -0.3 is 19.7 Å². The Morgan fingerprint density at radius 1 is 1.16 bits per heavy atom. The van der Waals surface area contributed by atoms with Gasteiger partial charge in [0.25, 0.3) is 5.91 Å². The number of ether oxygens (including phenoxy) is 2. The van der Waals surface area contributed by atoms with Crippen LogP contribution in [0.5, 0.6) is 0 Å². The number of morpholine rings is 1. The van der Waals surface area contributed by atoms with Crippen LogP contribution in [-0.4, -0.2) is 44.3 Å². The smallest absolute Gasteiger partial charge is 0.309 e. The van der Waals surface area contributed by atoms with Crippen LogP contribution >= 0.6 is 0 Å². The maximum Gasteiger partial charge on any atom is 0.309 e. The molecular weight excluding hydrogens is 320 g/mol. The van der Waals surface area contributed by atoms with Crippen LogP contribution in [0.3, 0.4) is 0 Å². The number of benzene rings is 1. The molecule has 0 radical (unpaired) electrons. The third-order valence-electron chi connectivity index (χ3n) is 4.86. The minimum atomic E-state index is -0.785. The molecule has 0 unspecified atom stereocenters. The fourth-order valence-electron chi connectivity index (χ4n) is 3.31. The van der Waals surface area contributed by atoms with Gasteiger partial charge in [0, 0.05) is 24.5 Å². The molecule has 6 nitrogen and oxygen atoms in total. The first-order valence-corrected chi connectivity index (χ1v) is 9.07. The maximum atomic E-state index is 12.2. The topological polar surface area (TPSA) is 67.9 Å². The van der Waals surface area contributed by atoms with Crippen molar-refractivity contribution in [1.29, 1.82) is 0 Å². The van der Waals surface area contributed by atoms with Crippen molar-refractivity contribution in [3.8, 4) is 0 Å². The fraction of sp³-hybridized carbons (Fsp3) is 0.579. The van der Waals surface area contributed by atoms with Crippen LogP contribution in [0.2, 0.25) is 0 Å². The van der Waals surface area contributed by atoms with E-state index in [1.807, 2.05) is 24.3 Å². The minimum absolute atomic E-state index is 0.0388. The van der Waals surface area contributed by atoms with E-state index in [2.05, 4.69) is 10.2 Å². The third-order valence-corrected chi connectivity index (χ3v) is 4.86. The van der Waals surface area contributed by atoms with Gasteiger partial charge in [-0.1, -0.05) is 12.8 Å². The number of nitrogens with one attached hydrogen (secondary N) is 1. The molecule has 0 aromatic heterocycles. The summed E-state index contributed by atoms with van der Waals surface area (Å²) < 4.78 is 10.7. The Kier molecular flexibility index (Phi) is 5.91. The van der Waals surface area contributed by atoms with Crippen molar-refractivity contribution in [3.63, 3.8) is 0 Å². The first-order valence-electron chi connectivity index (χ1n) is 9.07. The van der Waals surface area contributed by atoms with Crippen LogP contribution in [0.15, 0.2) is 24.3 Å². The number of carbonyl (C=O) groups excluding carboxylic acids is 2. The van der Waals surface area contributed by atoms with Crippen molar-refractivity contribution in [2.75, 3.05) is 36.5 Å². The molecule has 25 heavy (non-hydrogen) atoms. The van der Waals surface area contributed by atoms with Gasteiger partial charge in [0.05, 0.1) is 19.1 Å². The Hall–Kier alpha value is -2.08. The summed E-state index contributed by atoms with van der Waals surface area (Å²) in [5.41, 5.74) is 1.81. The second-order valence-corrected chi connectivity index (χ2v) is 6.70. The summed E-state index contributed by atoms with van der Waals surface area (Å²) >= 11 is 0. The number of carbonyl (C=O) groups is 2. The number of esters is 1.